The molecule has 2 aromatic carbocycles. The number of para-hydroxylation sites is 1. The Morgan fingerprint density at radius 3 is 2.53 bits per heavy atom. The summed E-state index contributed by atoms with van der Waals surface area (Å²) in [6, 6.07) is 16.7. The number of aromatic nitrogens is 4. The van der Waals surface area contributed by atoms with Crippen molar-refractivity contribution in [3.63, 3.8) is 0 Å². The molecule has 2 heterocycles. The van der Waals surface area contributed by atoms with Gasteiger partial charge in [0.2, 0.25) is 0 Å². The van der Waals surface area contributed by atoms with Gasteiger partial charge in [0.25, 0.3) is 5.91 Å². The third-order valence-electron chi connectivity index (χ3n) is 5.31. The summed E-state index contributed by atoms with van der Waals surface area (Å²) in [6.45, 7) is 5.19. The van der Waals surface area contributed by atoms with Crippen LogP contribution in [0, 0.1) is 0 Å². The third kappa shape index (κ3) is 4.73. The van der Waals surface area contributed by atoms with Crippen LogP contribution in [0.25, 0.3) is 16.7 Å². The maximum absolute atomic E-state index is 12.3. The molecule has 0 bridgehead atoms. The van der Waals surface area contributed by atoms with Gasteiger partial charge in [-0.05, 0) is 42.8 Å². The molecule has 7 nitrogen and oxygen atoms in total. The van der Waals surface area contributed by atoms with Crippen LogP contribution in [0.5, 0.6) is 0 Å². The van der Waals surface area contributed by atoms with Crippen LogP contribution in [0.4, 0.5) is 5.82 Å². The number of hydrogen-bond acceptors (Lipinski definition) is 5. The average molecular weight is 449 g/mol. The van der Waals surface area contributed by atoms with E-state index in [-0.39, 0.29) is 11.8 Å². The molecular weight excluding hydrogens is 424 g/mol. The summed E-state index contributed by atoms with van der Waals surface area (Å²) in [7, 11) is 0. The van der Waals surface area contributed by atoms with Crippen LogP contribution >= 0.6 is 11.6 Å². The first-order chi connectivity index (χ1) is 15.6. The number of nitrogens with one attached hydrogen (secondary N) is 2. The molecule has 0 saturated carbocycles. The third-order valence-corrected chi connectivity index (χ3v) is 5.56. The number of benzene rings is 2. The molecule has 4 rings (SSSR count). The normalized spacial score (nSPS) is 12.0. The van der Waals surface area contributed by atoms with E-state index in [2.05, 4.69) is 29.6 Å². The van der Waals surface area contributed by atoms with E-state index in [1.807, 2.05) is 35.0 Å². The Morgan fingerprint density at radius 2 is 1.81 bits per heavy atom. The Bertz CT molecular complexity index is 1210. The second-order valence-corrected chi connectivity index (χ2v) is 7.99. The molecule has 0 fully saturated rings. The van der Waals surface area contributed by atoms with E-state index >= 15 is 0 Å². The maximum Gasteiger partial charge on any atom is 0.251 e. The van der Waals surface area contributed by atoms with E-state index in [1.54, 1.807) is 30.5 Å². The van der Waals surface area contributed by atoms with Crippen LogP contribution < -0.4 is 10.6 Å². The Morgan fingerprint density at radius 1 is 1.06 bits per heavy atom. The number of amides is 1. The van der Waals surface area contributed by atoms with Crippen molar-refractivity contribution in [2.75, 3.05) is 18.4 Å². The first-order valence-corrected chi connectivity index (χ1v) is 11.0. The predicted octanol–water partition coefficient (Wildman–Crippen LogP) is 4.82. The number of carbonyl (C=O) groups is 1. The van der Waals surface area contributed by atoms with Crippen LogP contribution in [-0.4, -0.2) is 38.7 Å². The van der Waals surface area contributed by atoms with Gasteiger partial charge in [0, 0.05) is 29.6 Å². The molecule has 32 heavy (non-hydrogen) atoms. The zero-order valence-corrected chi connectivity index (χ0v) is 18.8. The molecule has 164 valence electrons. The maximum atomic E-state index is 12.3. The van der Waals surface area contributed by atoms with E-state index < -0.39 is 0 Å². The molecule has 0 saturated heterocycles. The van der Waals surface area contributed by atoms with Crippen LogP contribution in [0.2, 0.25) is 5.02 Å². The lowest BCUT2D eigenvalue weighted by molar-refractivity contribution is 0.0955. The van der Waals surface area contributed by atoms with E-state index in [0.717, 1.165) is 29.0 Å². The van der Waals surface area contributed by atoms with Gasteiger partial charge < -0.3 is 10.6 Å². The topological polar surface area (TPSA) is 84.7 Å². The number of nitrogens with zero attached hydrogens (tertiary/aromatic N) is 4. The first kappa shape index (κ1) is 21.8. The average Bonchev–Trinajstić information content (AvgIpc) is 3.26. The van der Waals surface area contributed by atoms with E-state index in [0.29, 0.717) is 29.5 Å². The second-order valence-electron chi connectivity index (χ2n) is 7.56. The fourth-order valence-corrected chi connectivity index (χ4v) is 3.41. The molecule has 0 spiro atoms. The lowest BCUT2D eigenvalue weighted by Gasteiger charge is -2.13. The quantitative estimate of drug-likeness (QED) is 0.377. The van der Waals surface area contributed by atoms with Crippen molar-refractivity contribution in [1.29, 1.82) is 0 Å². The van der Waals surface area contributed by atoms with Gasteiger partial charge in [0.15, 0.2) is 5.65 Å². The molecule has 0 aliphatic rings. The van der Waals surface area contributed by atoms with Crippen molar-refractivity contribution in [2.45, 2.75) is 26.2 Å². The van der Waals surface area contributed by atoms with Crippen molar-refractivity contribution in [3.05, 3.63) is 77.2 Å². The van der Waals surface area contributed by atoms with Gasteiger partial charge in [-0.1, -0.05) is 43.6 Å². The number of fused-ring (bicyclic) bond motifs is 1. The molecular formula is C24H25ClN6O. The Hall–Kier alpha value is -3.45. The lowest BCUT2D eigenvalue weighted by atomic mass is 10.1. The molecule has 0 aliphatic heterocycles. The van der Waals surface area contributed by atoms with Gasteiger partial charge in [-0.3, -0.25) is 4.79 Å². The van der Waals surface area contributed by atoms with Crippen molar-refractivity contribution < 1.29 is 4.79 Å². The van der Waals surface area contributed by atoms with E-state index in [1.165, 1.54) is 0 Å². The highest BCUT2D eigenvalue weighted by Crippen LogP contribution is 2.26. The number of anilines is 1. The van der Waals surface area contributed by atoms with Crippen molar-refractivity contribution in [2.24, 2.45) is 0 Å². The number of rotatable bonds is 8. The summed E-state index contributed by atoms with van der Waals surface area (Å²) >= 11 is 5.88. The van der Waals surface area contributed by atoms with Gasteiger partial charge in [-0.25, -0.2) is 14.6 Å². The van der Waals surface area contributed by atoms with Crippen molar-refractivity contribution >= 4 is 34.4 Å². The number of hydrogen-bond donors (Lipinski definition) is 2. The fraction of sp³-hybridized carbons (Fsp3) is 0.250. The van der Waals surface area contributed by atoms with E-state index in [4.69, 9.17) is 21.6 Å². The van der Waals surface area contributed by atoms with Crippen LogP contribution in [-0.2, 0) is 0 Å². The minimum absolute atomic E-state index is 0.145. The molecule has 0 unspecified atom stereocenters. The largest absolute Gasteiger partial charge is 0.368 e. The zero-order valence-electron chi connectivity index (χ0n) is 18.0. The standard InChI is InChI=1S/C24H25ClN6O/c1-3-16(2)21-29-22(26-13-14-27-24(32)17-9-11-18(25)12-10-17)20-15-28-31(23(20)30-21)19-7-5-4-6-8-19/h4-12,15-16H,3,13-14H2,1-2H3,(H,27,32)(H,26,29,30)/t16-/m1/s1. The van der Waals surface area contributed by atoms with E-state index in [9.17, 15) is 4.79 Å². The molecule has 4 aromatic rings. The van der Waals surface area contributed by atoms with Crippen LogP contribution in [0.3, 0.4) is 0 Å². The number of carbonyl (C=O) groups excluding carboxylic acids is 1. The summed E-state index contributed by atoms with van der Waals surface area (Å²) in [6.07, 6.45) is 2.71. The molecule has 0 aliphatic carbocycles. The highest BCUT2D eigenvalue weighted by atomic mass is 35.5. The first-order valence-electron chi connectivity index (χ1n) is 10.7. The van der Waals surface area contributed by atoms with Gasteiger partial charge in [-0.2, -0.15) is 5.10 Å². The van der Waals surface area contributed by atoms with Gasteiger partial charge in [0.1, 0.15) is 11.6 Å². The molecule has 2 aromatic heterocycles. The highest BCUT2D eigenvalue weighted by molar-refractivity contribution is 6.30. The minimum Gasteiger partial charge on any atom is -0.368 e. The predicted molar refractivity (Wildman–Crippen MR) is 128 cm³/mol. The summed E-state index contributed by atoms with van der Waals surface area (Å²) < 4.78 is 1.83. The lowest BCUT2D eigenvalue weighted by Crippen LogP contribution is -2.29. The molecule has 1 amide bonds. The molecule has 8 heteroatoms. The molecule has 2 N–H and O–H groups in total. The Labute approximate surface area is 191 Å². The summed E-state index contributed by atoms with van der Waals surface area (Å²) in [4.78, 5) is 21.9. The summed E-state index contributed by atoms with van der Waals surface area (Å²) in [5.41, 5.74) is 2.27. The Kier molecular flexibility index (Phi) is 6.66. The fourth-order valence-electron chi connectivity index (χ4n) is 3.28. The summed E-state index contributed by atoms with van der Waals surface area (Å²) in [5.74, 6) is 1.55. The monoisotopic (exact) mass is 448 g/mol. The molecule has 0 radical (unpaired) electrons. The summed E-state index contributed by atoms with van der Waals surface area (Å²) in [5, 5.41) is 12.2. The highest BCUT2D eigenvalue weighted by Gasteiger charge is 2.16. The minimum atomic E-state index is -0.145. The molecule has 1 atom stereocenters. The smallest absolute Gasteiger partial charge is 0.251 e. The van der Waals surface area contributed by atoms with Crippen molar-refractivity contribution in [3.8, 4) is 5.69 Å². The zero-order chi connectivity index (χ0) is 22.5. The van der Waals surface area contributed by atoms with Crippen LogP contribution in [0.15, 0.2) is 60.8 Å². The van der Waals surface area contributed by atoms with Gasteiger partial charge in [-0.15, -0.1) is 0 Å². The van der Waals surface area contributed by atoms with Gasteiger partial charge >= 0.3 is 0 Å². The Balaban J connectivity index is 1.53. The van der Waals surface area contributed by atoms with Crippen LogP contribution in [0.1, 0.15) is 42.4 Å². The SMILES string of the molecule is CC[C@@H](C)c1nc(NCCNC(=O)c2ccc(Cl)cc2)c2cnn(-c3ccccc3)c2n1. The second kappa shape index (κ2) is 9.78. The van der Waals surface area contributed by atoms with Gasteiger partial charge in [0.05, 0.1) is 17.3 Å². The number of halogens is 1. The van der Waals surface area contributed by atoms with Crippen molar-refractivity contribution in [1.82, 2.24) is 25.1 Å².